The molecule has 5 heteroatoms. The Morgan fingerprint density at radius 2 is 1.88 bits per heavy atom. The first-order valence-corrected chi connectivity index (χ1v) is 8.84. The zero-order valence-corrected chi connectivity index (χ0v) is 14.4. The van der Waals surface area contributed by atoms with E-state index in [0.717, 1.165) is 24.5 Å². The highest BCUT2D eigenvalue weighted by Gasteiger charge is 2.16. The van der Waals surface area contributed by atoms with E-state index in [1.807, 2.05) is 30.3 Å². The number of para-hydroxylation sites is 1. The molecule has 1 aromatic heterocycles. The van der Waals surface area contributed by atoms with Crippen molar-refractivity contribution >= 4 is 11.6 Å². The quantitative estimate of drug-likeness (QED) is 0.763. The van der Waals surface area contributed by atoms with Gasteiger partial charge in [0.2, 0.25) is 5.95 Å². The average Bonchev–Trinajstić information content (AvgIpc) is 3.11. The van der Waals surface area contributed by atoms with Gasteiger partial charge in [-0.15, -0.1) is 5.10 Å². The number of hydrogen-bond acceptors (Lipinski definition) is 4. The Hall–Kier alpha value is -2.66. The predicted octanol–water partition coefficient (Wildman–Crippen LogP) is 3.79. The normalized spacial score (nSPS) is 15.2. The lowest BCUT2D eigenvalue weighted by atomic mass is 9.89. The summed E-state index contributed by atoms with van der Waals surface area (Å²) < 4.78 is 1.78. The Balaban J connectivity index is 1.54. The third kappa shape index (κ3) is 3.72. The van der Waals surface area contributed by atoms with Crippen molar-refractivity contribution in [2.75, 3.05) is 18.4 Å². The first-order valence-electron chi connectivity index (χ1n) is 8.84. The third-order valence-electron chi connectivity index (χ3n) is 4.68. The predicted molar refractivity (Wildman–Crippen MR) is 101 cm³/mol. The number of anilines is 2. The lowest BCUT2D eigenvalue weighted by Gasteiger charge is -2.23. The van der Waals surface area contributed by atoms with Crippen LogP contribution in [0.15, 0.2) is 54.9 Å². The summed E-state index contributed by atoms with van der Waals surface area (Å²) in [5, 5.41) is 11.3. The van der Waals surface area contributed by atoms with E-state index in [4.69, 9.17) is 0 Å². The van der Waals surface area contributed by atoms with E-state index in [1.165, 1.54) is 24.0 Å². The SMILES string of the molecule is Cc1cc(Nc2ncn(-c3ccccc3)n2)cc(C2CCNCC2)c1. The van der Waals surface area contributed by atoms with Crippen molar-refractivity contribution in [2.24, 2.45) is 0 Å². The van der Waals surface area contributed by atoms with Crippen LogP contribution in [0.25, 0.3) is 5.69 Å². The molecule has 0 saturated carbocycles. The van der Waals surface area contributed by atoms with E-state index in [-0.39, 0.29) is 0 Å². The minimum atomic E-state index is 0.616. The second-order valence-corrected chi connectivity index (χ2v) is 6.63. The molecule has 0 bridgehead atoms. The first-order chi connectivity index (χ1) is 12.3. The number of benzene rings is 2. The topological polar surface area (TPSA) is 54.8 Å². The summed E-state index contributed by atoms with van der Waals surface area (Å²) >= 11 is 0. The Kier molecular flexibility index (Phi) is 4.48. The third-order valence-corrected chi connectivity index (χ3v) is 4.68. The van der Waals surface area contributed by atoms with Crippen LogP contribution in [0.3, 0.4) is 0 Å². The number of aromatic nitrogens is 3. The Morgan fingerprint density at radius 1 is 1.08 bits per heavy atom. The maximum absolute atomic E-state index is 4.53. The molecule has 1 aliphatic rings. The van der Waals surface area contributed by atoms with Crippen molar-refractivity contribution in [1.29, 1.82) is 0 Å². The Labute approximate surface area is 148 Å². The molecular formula is C20H23N5. The minimum absolute atomic E-state index is 0.616. The molecular weight excluding hydrogens is 310 g/mol. The molecule has 2 aromatic carbocycles. The molecule has 2 heterocycles. The molecule has 0 unspecified atom stereocenters. The fourth-order valence-electron chi connectivity index (χ4n) is 3.43. The van der Waals surface area contributed by atoms with Crippen LogP contribution in [-0.4, -0.2) is 27.9 Å². The highest BCUT2D eigenvalue weighted by atomic mass is 15.4. The molecule has 25 heavy (non-hydrogen) atoms. The molecule has 3 aromatic rings. The van der Waals surface area contributed by atoms with Gasteiger partial charge < -0.3 is 10.6 Å². The molecule has 0 spiro atoms. The largest absolute Gasteiger partial charge is 0.323 e. The zero-order chi connectivity index (χ0) is 17.1. The second kappa shape index (κ2) is 7.07. The molecule has 0 radical (unpaired) electrons. The van der Waals surface area contributed by atoms with Crippen LogP contribution in [0.5, 0.6) is 0 Å². The molecule has 1 fully saturated rings. The minimum Gasteiger partial charge on any atom is -0.323 e. The van der Waals surface area contributed by atoms with E-state index in [2.05, 4.69) is 45.8 Å². The van der Waals surface area contributed by atoms with Gasteiger partial charge in [-0.25, -0.2) is 4.68 Å². The monoisotopic (exact) mass is 333 g/mol. The number of nitrogens with zero attached hydrogens (tertiary/aromatic N) is 3. The summed E-state index contributed by atoms with van der Waals surface area (Å²) in [5.41, 5.74) is 4.73. The first kappa shape index (κ1) is 15.8. The molecule has 2 N–H and O–H groups in total. The van der Waals surface area contributed by atoms with Crippen LogP contribution in [0.4, 0.5) is 11.6 Å². The highest BCUT2D eigenvalue weighted by Crippen LogP contribution is 2.29. The fraction of sp³-hybridized carbons (Fsp3) is 0.300. The number of nitrogens with one attached hydrogen (secondary N) is 2. The summed E-state index contributed by atoms with van der Waals surface area (Å²) in [6.07, 6.45) is 4.13. The van der Waals surface area contributed by atoms with Crippen LogP contribution in [0.1, 0.15) is 29.9 Å². The summed E-state index contributed by atoms with van der Waals surface area (Å²) in [4.78, 5) is 4.39. The van der Waals surface area contributed by atoms with Crippen molar-refractivity contribution in [3.8, 4) is 5.69 Å². The van der Waals surface area contributed by atoms with Gasteiger partial charge in [-0.2, -0.15) is 4.98 Å². The van der Waals surface area contributed by atoms with Crippen LogP contribution < -0.4 is 10.6 Å². The van der Waals surface area contributed by atoms with E-state index >= 15 is 0 Å². The van der Waals surface area contributed by atoms with Gasteiger partial charge in [0.1, 0.15) is 6.33 Å². The van der Waals surface area contributed by atoms with E-state index in [0.29, 0.717) is 11.9 Å². The van der Waals surface area contributed by atoms with E-state index in [9.17, 15) is 0 Å². The number of rotatable bonds is 4. The van der Waals surface area contributed by atoms with Gasteiger partial charge >= 0.3 is 0 Å². The van der Waals surface area contributed by atoms with E-state index < -0.39 is 0 Å². The van der Waals surface area contributed by atoms with Gasteiger partial charge in [-0.1, -0.05) is 24.3 Å². The van der Waals surface area contributed by atoms with Crippen LogP contribution >= 0.6 is 0 Å². The van der Waals surface area contributed by atoms with Crippen molar-refractivity contribution in [2.45, 2.75) is 25.7 Å². The smallest absolute Gasteiger partial charge is 0.246 e. The molecule has 1 aliphatic heterocycles. The van der Waals surface area contributed by atoms with E-state index in [1.54, 1.807) is 11.0 Å². The molecule has 0 amide bonds. The van der Waals surface area contributed by atoms with Crippen molar-refractivity contribution < 1.29 is 0 Å². The van der Waals surface area contributed by atoms with Crippen molar-refractivity contribution in [1.82, 2.24) is 20.1 Å². The Bertz CT molecular complexity index is 834. The summed E-state index contributed by atoms with van der Waals surface area (Å²) in [6.45, 7) is 4.35. The standard InChI is InChI=1S/C20H23N5/c1-15-11-17(16-7-9-21-10-8-16)13-18(12-15)23-20-22-14-25(24-20)19-5-3-2-4-6-19/h2-6,11-14,16,21H,7-10H2,1H3,(H,23,24). The number of piperidine rings is 1. The molecule has 128 valence electrons. The van der Waals surface area contributed by atoms with Gasteiger partial charge in [-0.05, 0) is 74.2 Å². The van der Waals surface area contributed by atoms with Crippen LogP contribution in [-0.2, 0) is 0 Å². The maximum Gasteiger partial charge on any atom is 0.246 e. The second-order valence-electron chi connectivity index (χ2n) is 6.63. The molecule has 1 saturated heterocycles. The fourth-order valence-corrected chi connectivity index (χ4v) is 3.43. The highest BCUT2D eigenvalue weighted by molar-refractivity contribution is 5.56. The number of hydrogen-bond donors (Lipinski definition) is 2. The summed E-state index contributed by atoms with van der Waals surface area (Å²) in [7, 11) is 0. The lowest BCUT2D eigenvalue weighted by molar-refractivity contribution is 0.460. The van der Waals surface area contributed by atoms with Gasteiger partial charge in [0, 0.05) is 5.69 Å². The molecule has 5 nitrogen and oxygen atoms in total. The van der Waals surface area contributed by atoms with Crippen molar-refractivity contribution in [3.63, 3.8) is 0 Å². The molecule has 0 atom stereocenters. The van der Waals surface area contributed by atoms with Gasteiger partial charge in [0.05, 0.1) is 5.69 Å². The van der Waals surface area contributed by atoms with Crippen LogP contribution in [0, 0.1) is 6.92 Å². The van der Waals surface area contributed by atoms with Crippen molar-refractivity contribution in [3.05, 3.63) is 66.0 Å². The Morgan fingerprint density at radius 3 is 2.68 bits per heavy atom. The van der Waals surface area contributed by atoms with Crippen LogP contribution in [0.2, 0.25) is 0 Å². The summed E-state index contributed by atoms with van der Waals surface area (Å²) in [6, 6.07) is 16.7. The summed E-state index contributed by atoms with van der Waals surface area (Å²) in [5.74, 6) is 1.25. The average molecular weight is 333 g/mol. The van der Waals surface area contributed by atoms with Gasteiger partial charge in [0.25, 0.3) is 0 Å². The van der Waals surface area contributed by atoms with Gasteiger partial charge in [0.15, 0.2) is 0 Å². The molecule has 4 rings (SSSR count). The van der Waals surface area contributed by atoms with Gasteiger partial charge in [-0.3, -0.25) is 0 Å². The lowest BCUT2D eigenvalue weighted by Crippen LogP contribution is -2.26. The maximum atomic E-state index is 4.53. The zero-order valence-electron chi connectivity index (χ0n) is 14.4. The molecule has 0 aliphatic carbocycles. The number of aryl methyl sites for hydroxylation is 1.